The van der Waals surface area contributed by atoms with Gasteiger partial charge in [-0.15, -0.1) is 16.4 Å². The van der Waals surface area contributed by atoms with Crippen molar-refractivity contribution in [3.63, 3.8) is 0 Å². The van der Waals surface area contributed by atoms with Gasteiger partial charge in [0.05, 0.1) is 11.6 Å². The van der Waals surface area contributed by atoms with Crippen LogP contribution in [0.4, 0.5) is 6.01 Å². The Hall–Kier alpha value is -1.43. The molecule has 0 amide bonds. The third-order valence-electron chi connectivity index (χ3n) is 2.54. The molecular weight excluding hydrogens is 260 g/mol. The lowest BCUT2D eigenvalue weighted by Crippen LogP contribution is -2.09. The van der Waals surface area contributed by atoms with Gasteiger partial charge in [0.2, 0.25) is 5.89 Å². The quantitative estimate of drug-likeness (QED) is 0.909. The van der Waals surface area contributed by atoms with Crippen LogP contribution in [0.3, 0.4) is 0 Å². The molecule has 0 saturated heterocycles. The van der Waals surface area contributed by atoms with Crippen LogP contribution in [0.15, 0.2) is 10.6 Å². The summed E-state index contributed by atoms with van der Waals surface area (Å²) in [6.07, 6.45) is 3.73. The van der Waals surface area contributed by atoms with Crippen LogP contribution in [0, 0.1) is 0 Å². The number of anilines is 1. The summed E-state index contributed by atoms with van der Waals surface area (Å²) in [7, 11) is 0. The van der Waals surface area contributed by atoms with Crippen molar-refractivity contribution in [2.45, 2.75) is 52.5 Å². The first-order chi connectivity index (χ1) is 8.99. The van der Waals surface area contributed by atoms with Gasteiger partial charge in [-0.05, 0) is 6.42 Å². The first-order valence-electron chi connectivity index (χ1n) is 6.50. The third-order valence-corrected chi connectivity index (χ3v) is 3.96. The van der Waals surface area contributed by atoms with Gasteiger partial charge >= 0.3 is 6.01 Å². The molecule has 1 N–H and O–H groups in total. The molecule has 0 fully saturated rings. The summed E-state index contributed by atoms with van der Waals surface area (Å²) < 4.78 is 5.47. The highest BCUT2D eigenvalue weighted by Gasteiger charge is 2.18. The molecule has 2 aromatic heterocycles. The molecule has 2 heterocycles. The first kappa shape index (κ1) is 14.0. The largest absolute Gasteiger partial charge is 0.408 e. The maximum atomic E-state index is 5.47. The Morgan fingerprint density at radius 2 is 2.11 bits per heavy atom. The van der Waals surface area contributed by atoms with Gasteiger partial charge in [-0.2, -0.15) is 0 Å². The molecule has 5 nitrogen and oxygen atoms in total. The van der Waals surface area contributed by atoms with E-state index in [4.69, 9.17) is 4.42 Å². The molecule has 0 atom stereocenters. The van der Waals surface area contributed by atoms with Crippen LogP contribution in [-0.2, 0) is 18.4 Å². The number of nitrogens with one attached hydrogen (secondary N) is 1. The summed E-state index contributed by atoms with van der Waals surface area (Å²) in [5.74, 6) is 0.685. The first-order valence-corrected chi connectivity index (χ1v) is 7.32. The molecule has 0 saturated carbocycles. The molecule has 0 aliphatic rings. The van der Waals surface area contributed by atoms with Crippen molar-refractivity contribution >= 4 is 17.4 Å². The molecule has 0 radical (unpaired) electrons. The molecule has 104 valence electrons. The summed E-state index contributed by atoms with van der Waals surface area (Å²) in [6, 6.07) is 0.481. The lowest BCUT2D eigenvalue weighted by molar-refractivity contribution is 0.501. The molecule has 0 bridgehead atoms. The van der Waals surface area contributed by atoms with Gasteiger partial charge in [-0.25, -0.2) is 4.98 Å². The van der Waals surface area contributed by atoms with E-state index in [1.807, 2.05) is 6.20 Å². The number of thiazole rings is 1. The molecule has 19 heavy (non-hydrogen) atoms. The maximum absolute atomic E-state index is 5.47. The third kappa shape index (κ3) is 3.76. The highest BCUT2D eigenvalue weighted by molar-refractivity contribution is 7.11. The van der Waals surface area contributed by atoms with E-state index in [-0.39, 0.29) is 5.41 Å². The van der Waals surface area contributed by atoms with Gasteiger partial charge in [0.1, 0.15) is 0 Å². The number of aromatic nitrogens is 3. The topological polar surface area (TPSA) is 63.8 Å². The lowest BCUT2D eigenvalue weighted by Gasteiger charge is -2.13. The van der Waals surface area contributed by atoms with E-state index < -0.39 is 0 Å². The van der Waals surface area contributed by atoms with E-state index in [2.05, 4.69) is 48.2 Å². The Labute approximate surface area is 117 Å². The summed E-state index contributed by atoms with van der Waals surface area (Å²) in [4.78, 5) is 5.61. The Morgan fingerprint density at radius 1 is 1.32 bits per heavy atom. The number of aryl methyl sites for hydroxylation is 1. The zero-order valence-electron chi connectivity index (χ0n) is 11.9. The average Bonchev–Trinajstić information content (AvgIpc) is 2.94. The predicted octanol–water partition coefficient (Wildman–Crippen LogP) is 3.39. The van der Waals surface area contributed by atoms with Gasteiger partial charge in [0.15, 0.2) is 0 Å². The highest BCUT2D eigenvalue weighted by atomic mass is 32.1. The molecule has 2 aromatic rings. The normalized spacial score (nSPS) is 11.8. The second-order valence-corrected chi connectivity index (χ2v) is 6.60. The average molecular weight is 280 g/mol. The van der Waals surface area contributed by atoms with Crippen molar-refractivity contribution in [2.24, 2.45) is 0 Å². The van der Waals surface area contributed by atoms with Crippen LogP contribution < -0.4 is 5.32 Å². The van der Waals surface area contributed by atoms with Crippen LogP contribution in [-0.4, -0.2) is 15.2 Å². The van der Waals surface area contributed by atoms with Crippen LogP contribution in [0.1, 0.15) is 49.9 Å². The molecule has 0 aromatic carbocycles. The number of nitrogens with zero attached hydrogens (tertiary/aromatic N) is 3. The predicted molar refractivity (Wildman–Crippen MR) is 76.4 cm³/mol. The fourth-order valence-electron chi connectivity index (χ4n) is 1.54. The Kier molecular flexibility index (Phi) is 4.19. The van der Waals surface area contributed by atoms with E-state index >= 15 is 0 Å². The van der Waals surface area contributed by atoms with E-state index in [1.54, 1.807) is 11.3 Å². The second-order valence-electron chi connectivity index (χ2n) is 5.49. The zero-order valence-corrected chi connectivity index (χ0v) is 12.7. The van der Waals surface area contributed by atoms with Gasteiger partial charge in [0, 0.05) is 22.9 Å². The van der Waals surface area contributed by atoms with Crippen LogP contribution in [0.25, 0.3) is 0 Å². The van der Waals surface area contributed by atoms with Crippen molar-refractivity contribution in [1.82, 2.24) is 15.2 Å². The minimum absolute atomic E-state index is 0.0989. The molecule has 0 unspecified atom stereocenters. The summed E-state index contributed by atoms with van der Waals surface area (Å²) in [6.45, 7) is 9.25. The van der Waals surface area contributed by atoms with E-state index in [1.165, 1.54) is 4.88 Å². The van der Waals surface area contributed by atoms with Gasteiger partial charge in [-0.1, -0.05) is 32.8 Å². The second kappa shape index (κ2) is 5.69. The molecule has 0 aliphatic carbocycles. The Morgan fingerprint density at radius 3 is 2.74 bits per heavy atom. The minimum Gasteiger partial charge on any atom is -0.408 e. The summed E-state index contributed by atoms with van der Waals surface area (Å²) in [5, 5.41) is 12.2. The Bertz CT molecular complexity index is 527. The van der Waals surface area contributed by atoms with E-state index in [9.17, 15) is 0 Å². The van der Waals surface area contributed by atoms with Crippen molar-refractivity contribution < 1.29 is 4.42 Å². The number of hydrogen-bond donors (Lipinski definition) is 1. The molecular formula is C13H20N4OS. The fourth-order valence-corrected chi connectivity index (χ4v) is 2.45. The van der Waals surface area contributed by atoms with E-state index in [0.717, 1.165) is 17.8 Å². The number of rotatable bonds is 5. The maximum Gasteiger partial charge on any atom is 0.315 e. The van der Waals surface area contributed by atoms with Crippen molar-refractivity contribution in [3.8, 4) is 0 Å². The highest BCUT2D eigenvalue weighted by Crippen LogP contribution is 2.27. The monoisotopic (exact) mass is 280 g/mol. The number of hydrogen-bond acceptors (Lipinski definition) is 6. The van der Waals surface area contributed by atoms with Crippen molar-refractivity contribution in [2.75, 3.05) is 5.32 Å². The molecule has 0 aliphatic heterocycles. The molecule has 6 heteroatoms. The van der Waals surface area contributed by atoms with Gasteiger partial charge in [0.25, 0.3) is 0 Å². The van der Waals surface area contributed by atoms with Gasteiger partial charge in [-0.3, -0.25) is 0 Å². The van der Waals surface area contributed by atoms with Gasteiger partial charge < -0.3 is 9.73 Å². The zero-order chi connectivity index (χ0) is 13.9. The van der Waals surface area contributed by atoms with Crippen molar-refractivity contribution in [1.29, 1.82) is 0 Å². The van der Waals surface area contributed by atoms with Crippen LogP contribution in [0.2, 0.25) is 0 Å². The lowest BCUT2D eigenvalue weighted by atomic mass is 9.98. The fraction of sp³-hybridized carbons (Fsp3) is 0.615. The summed E-state index contributed by atoms with van der Waals surface area (Å²) in [5.41, 5.74) is 0.0989. The van der Waals surface area contributed by atoms with E-state index in [0.29, 0.717) is 18.5 Å². The van der Waals surface area contributed by atoms with Crippen LogP contribution in [0.5, 0.6) is 0 Å². The van der Waals surface area contributed by atoms with Crippen molar-refractivity contribution in [3.05, 3.63) is 22.0 Å². The standard InChI is InChI=1S/C13H20N4OS/c1-5-6-10-16-17-12(18-10)15-8-9-7-14-11(19-9)13(2,3)4/h7H,5-6,8H2,1-4H3,(H,15,17). The Balaban J connectivity index is 1.93. The SMILES string of the molecule is CCCc1nnc(NCc2cnc(C(C)(C)C)s2)o1. The minimum atomic E-state index is 0.0989. The van der Waals surface area contributed by atoms with Crippen LogP contribution >= 0.6 is 11.3 Å². The molecule has 2 rings (SSSR count). The summed E-state index contributed by atoms with van der Waals surface area (Å²) >= 11 is 1.71. The molecule has 0 spiro atoms. The smallest absolute Gasteiger partial charge is 0.315 e.